The van der Waals surface area contributed by atoms with E-state index in [4.69, 9.17) is 4.74 Å². The highest BCUT2D eigenvalue weighted by atomic mass is 16.5. The van der Waals surface area contributed by atoms with Gasteiger partial charge in [-0.05, 0) is 30.8 Å². The van der Waals surface area contributed by atoms with E-state index in [0.29, 0.717) is 5.75 Å². The number of amides is 1. The van der Waals surface area contributed by atoms with E-state index in [2.05, 4.69) is 20.6 Å². The number of ether oxygens (including phenoxy) is 1. The second-order valence-electron chi connectivity index (χ2n) is 4.09. The maximum atomic E-state index is 11.7. The summed E-state index contributed by atoms with van der Waals surface area (Å²) in [6, 6.07) is 9.26. The Hall–Kier alpha value is -2.47. The van der Waals surface area contributed by atoms with Crippen LogP contribution in [0, 0.1) is 0 Å². The first-order valence-electron chi connectivity index (χ1n) is 6.21. The number of hydrogen-bond donors (Lipinski definition) is 2. The minimum Gasteiger partial charge on any atom is -0.484 e. The first-order valence-corrected chi connectivity index (χ1v) is 6.21. The van der Waals surface area contributed by atoms with E-state index in [9.17, 15) is 4.79 Å². The van der Waals surface area contributed by atoms with Crippen LogP contribution in [0.3, 0.4) is 0 Å². The molecule has 104 valence electrons. The van der Waals surface area contributed by atoms with Crippen LogP contribution in [-0.2, 0) is 11.3 Å². The highest BCUT2D eigenvalue weighted by Crippen LogP contribution is 2.13. The summed E-state index contributed by atoms with van der Waals surface area (Å²) in [6.45, 7) is 0.669. The Morgan fingerprint density at radius 3 is 2.80 bits per heavy atom. The molecule has 1 aromatic carbocycles. The van der Waals surface area contributed by atoms with Crippen molar-refractivity contribution >= 4 is 11.9 Å². The van der Waals surface area contributed by atoms with Gasteiger partial charge in [0.15, 0.2) is 6.61 Å². The molecule has 0 aliphatic carbocycles. The van der Waals surface area contributed by atoms with Gasteiger partial charge in [0, 0.05) is 18.9 Å². The van der Waals surface area contributed by atoms with E-state index in [0.717, 1.165) is 12.1 Å². The number of carbonyl (C=O) groups is 1. The fourth-order valence-corrected chi connectivity index (χ4v) is 1.62. The number of benzene rings is 1. The molecule has 6 heteroatoms. The molecule has 0 radical (unpaired) electrons. The zero-order valence-electron chi connectivity index (χ0n) is 11.2. The number of nitrogens with one attached hydrogen (secondary N) is 2. The van der Waals surface area contributed by atoms with Crippen molar-refractivity contribution in [3.05, 3.63) is 48.3 Å². The summed E-state index contributed by atoms with van der Waals surface area (Å²) in [5.74, 6) is 0.627. The Morgan fingerprint density at radius 2 is 2.05 bits per heavy atom. The Balaban J connectivity index is 1.85. The van der Waals surface area contributed by atoms with Crippen molar-refractivity contribution in [2.75, 3.05) is 19.0 Å². The summed E-state index contributed by atoms with van der Waals surface area (Å²) < 4.78 is 5.43. The Bertz CT molecular complexity index is 560. The average Bonchev–Trinajstić information content (AvgIpc) is 2.47. The molecule has 0 saturated heterocycles. The number of hydrogen-bond acceptors (Lipinski definition) is 5. The summed E-state index contributed by atoms with van der Waals surface area (Å²) >= 11 is 0. The van der Waals surface area contributed by atoms with E-state index in [1.165, 1.54) is 0 Å². The molecule has 0 aliphatic heterocycles. The zero-order chi connectivity index (χ0) is 14.2. The highest BCUT2D eigenvalue weighted by molar-refractivity contribution is 5.90. The summed E-state index contributed by atoms with van der Waals surface area (Å²) in [5.41, 5.74) is 1.09. The molecule has 1 aromatic heterocycles. The lowest BCUT2D eigenvalue weighted by atomic mass is 10.2. The van der Waals surface area contributed by atoms with Crippen LogP contribution in [0.2, 0.25) is 0 Å². The summed E-state index contributed by atoms with van der Waals surface area (Å²) in [4.78, 5) is 19.5. The van der Waals surface area contributed by atoms with Crippen LogP contribution in [0.15, 0.2) is 42.7 Å². The first-order chi connectivity index (χ1) is 9.78. The molecule has 2 aromatic rings. The molecule has 6 nitrogen and oxygen atoms in total. The maximum absolute atomic E-state index is 11.7. The molecular formula is C14H16N4O2. The second kappa shape index (κ2) is 7.20. The van der Waals surface area contributed by atoms with Crippen molar-refractivity contribution in [1.29, 1.82) is 0 Å². The summed E-state index contributed by atoms with van der Waals surface area (Å²) in [7, 11) is 1.88. The molecule has 0 atom stereocenters. The standard InChI is InChI=1S/C14H16N4O2/c1-15-9-11-4-2-5-12(8-11)20-10-13(19)18-14-16-6-3-7-17-14/h2-8,15H,9-10H2,1H3,(H,16,17,18,19). The van der Waals surface area contributed by atoms with Crippen LogP contribution in [-0.4, -0.2) is 29.5 Å². The second-order valence-corrected chi connectivity index (χ2v) is 4.09. The molecule has 0 unspecified atom stereocenters. The van der Waals surface area contributed by atoms with Gasteiger partial charge in [-0.3, -0.25) is 10.1 Å². The molecule has 2 rings (SSSR count). The maximum Gasteiger partial charge on any atom is 0.264 e. The summed E-state index contributed by atoms with van der Waals surface area (Å²) in [5, 5.41) is 5.61. The monoisotopic (exact) mass is 272 g/mol. The molecule has 1 amide bonds. The van der Waals surface area contributed by atoms with E-state index in [1.807, 2.05) is 31.3 Å². The number of rotatable bonds is 6. The van der Waals surface area contributed by atoms with Gasteiger partial charge in [0.05, 0.1) is 0 Å². The predicted octanol–water partition coefficient (Wildman–Crippen LogP) is 1.21. The van der Waals surface area contributed by atoms with Gasteiger partial charge in [0.2, 0.25) is 5.95 Å². The van der Waals surface area contributed by atoms with Crippen LogP contribution in [0.4, 0.5) is 5.95 Å². The van der Waals surface area contributed by atoms with Crippen LogP contribution in [0.1, 0.15) is 5.56 Å². The van der Waals surface area contributed by atoms with Crippen molar-refractivity contribution in [2.24, 2.45) is 0 Å². The largest absolute Gasteiger partial charge is 0.484 e. The topological polar surface area (TPSA) is 76.1 Å². The van der Waals surface area contributed by atoms with Crippen LogP contribution < -0.4 is 15.4 Å². The number of nitrogens with zero attached hydrogens (tertiary/aromatic N) is 2. The van der Waals surface area contributed by atoms with Gasteiger partial charge < -0.3 is 10.1 Å². The van der Waals surface area contributed by atoms with Crippen LogP contribution in [0.25, 0.3) is 0 Å². The van der Waals surface area contributed by atoms with Gasteiger partial charge in [-0.15, -0.1) is 0 Å². The van der Waals surface area contributed by atoms with E-state index in [1.54, 1.807) is 18.5 Å². The van der Waals surface area contributed by atoms with E-state index >= 15 is 0 Å². The van der Waals surface area contributed by atoms with Crippen molar-refractivity contribution in [3.8, 4) is 5.75 Å². The van der Waals surface area contributed by atoms with Gasteiger partial charge in [0.1, 0.15) is 5.75 Å². The summed E-state index contributed by atoms with van der Waals surface area (Å²) in [6.07, 6.45) is 3.12. The lowest BCUT2D eigenvalue weighted by Crippen LogP contribution is -2.21. The fraction of sp³-hybridized carbons (Fsp3) is 0.214. The van der Waals surface area contributed by atoms with Crippen molar-refractivity contribution in [2.45, 2.75) is 6.54 Å². The molecule has 0 bridgehead atoms. The highest BCUT2D eigenvalue weighted by Gasteiger charge is 2.05. The van der Waals surface area contributed by atoms with Gasteiger partial charge in [0.25, 0.3) is 5.91 Å². The van der Waals surface area contributed by atoms with E-state index in [-0.39, 0.29) is 18.5 Å². The van der Waals surface area contributed by atoms with Crippen molar-refractivity contribution < 1.29 is 9.53 Å². The van der Waals surface area contributed by atoms with Gasteiger partial charge in [-0.1, -0.05) is 12.1 Å². The molecule has 0 spiro atoms. The number of aromatic nitrogens is 2. The van der Waals surface area contributed by atoms with E-state index < -0.39 is 0 Å². The lowest BCUT2D eigenvalue weighted by Gasteiger charge is -2.08. The minimum absolute atomic E-state index is 0.0821. The van der Waals surface area contributed by atoms with Crippen LogP contribution in [0.5, 0.6) is 5.75 Å². The molecular weight excluding hydrogens is 256 g/mol. The minimum atomic E-state index is -0.296. The third-order valence-corrected chi connectivity index (χ3v) is 2.47. The first kappa shape index (κ1) is 14.0. The number of anilines is 1. The molecule has 2 N–H and O–H groups in total. The zero-order valence-corrected chi connectivity index (χ0v) is 11.2. The predicted molar refractivity (Wildman–Crippen MR) is 75.4 cm³/mol. The molecule has 1 heterocycles. The molecule has 20 heavy (non-hydrogen) atoms. The van der Waals surface area contributed by atoms with Crippen LogP contribution >= 0.6 is 0 Å². The normalized spacial score (nSPS) is 10.1. The Morgan fingerprint density at radius 1 is 1.25 bits per heavy atom. The fourth-order valence-electron chi connectivity index (χ4n) is 1.62. The smallest absolute Gasteiger partial charge is 0.264 e. The quantitative estimate of drug-likeness (QED) is 0.826. The lowest BCUT2D eigenvalue weighted by molar-refractivity contribution is -0.118. The average molecular weight is 272 g/mol. The van der Waals surface area contributed by atoms with Gasteiger partial charge in [-0.25, -0.2) is 9.97 Å². The molecule has 0 saturated carbocycles. The Kier molecular flexibility index (Phi) is 5.02. The van der Waals surface area contributed by atoms with Crippen molar-refractivity contribution in [1.82, 2.24) is 15.3 Å². The SMILES string of the molecule is CNCc1cccc(OCC(=O)Nc2ncccn2)c1. The number of carbonyl (C=O) groups excluding carboxylic acids is 1. The van der Waals surface area contributed by atoms with Gasteiger partial charge in [-0.2, -0.15) is 0 Å². The Labute approximate surface area is 117 Å². The molecule has 0 fully saturated rings. The third-order valence-electron chi connectivity index (χ3n) is 2.47. The van der Waals surface area contributed by atoms with Crippen molar-refractivity contribution in [3.63, 3.8) is 0 Å². The molecule has 0 aliphatic rings. The third kappa shape index (κ3) is 4.33. The van der Waals surface area contributed by atoms with Gasteiger partial charge >= 0.3 is 0 Å².